The Bertz CT molecular complexity index is 832. The van der Waals surface area contributed by atoms with E-state index in [0.29, 0.717) is 35.9 Å². The van der Waals surface area contributed by atoms with Gasteiger partial charge in [-0.3, -0.25) is 0 Å². The van der Waals surface area contributed by atoms with Gasteiger partial charge in [0.15, 0.2) is 0 Å². The zero-order valence-electron chi connectivity index (χ0n) is 14.4. The van der Waals surface area contributed by atoms with Crippen LogP contribution < -0.4 is 15.5 Å². The SMILES string of the molecule is [B]c1ccc(OCc2cc(C3CC3(F)F)c(F)cc2F)c(CNCCO)c1. The molecule has 0 heterocycles. The maximum Gasteiger partial charge on any atom is 0.256 e. The van der Waals surface area contributed by atoms with E-state index in [1.54, 1.807) is 18.2 Å². The molecule has 0 bridgehead atoms. The first kappa shape index (κ1) is 19.7. The molecule has 0 aliphatic heterocycles. The smallest absolute Gasteiger partial charge is 0.256 e. The zero-order chi connectivity index (χ0) is 19.6. The van der Waals surface area contributed by atoms with Crippen molar-refractivity contribution in [3.05, 3.63) is 58.7 Å². The molecule has 2 radical (unpaired) electrons. The summed E-state index contributed by atoms with van der Waals surface area (Å²) in [6, 6.07) is 6.63. The van der Waals surface area contributed by atoms with Gasteiger partial charge in [0.05, 0.1) is 12.5 Å². The summed E-state index contributed by atoms with van der Waals surface area (Å²) < 4.78 is 60.0. The van der Waals surface area contributed by atoms with E-state index in [1.807, 2.05) is 0 Å². The third kappa shape index (κ3) is 4.62. The molecule has 1 fully saturated rings. The molecule has 0 amide bonds. The predicted molar refractivity (Wildman–Crippen MR) is 93.6 cm³/mol. The van der Waals surface area contributed by atoms with Gasteiger partial charge in [-0.1, -0.05) is 17.6 Å². The lowest BCUT2D eigenvalue weighted by atomic mass is 9.94. The predicted octanol–water partition coefficient (Wildman–Crippen LogP) is 2.54. The van der Waals surface area contributed by atoms with Gasteiger partial charge in [0, 0.05) is 36.7 Å². The molecule has 8 heteroatoms. The zero-order valence-corrected chi connectivity index (χ0v) is 14.4. The molecule has 1 atom stereocenters. The van der Waals surface area contributed by atoms with Crippen molar-refractivity contribution >= 4 is 13.3 Å². The summed E-state index contributed by atoms with van der Waals surface area (Å²) in [5.74, 6) is -5.56. The number of rotatable bonds is 8. The maximum atomic E-state index is 14.1. The summed E-state index contributed by atoms with van der Waals surface area (Å²) in [5.41, 5.74) is 1.01. The van der Waals surface area contributed by atoms with E-state index in [9.17, 15) is 17.6 Å². The van der Waals surface area contributed by atoms with Crippen LogP contribution in [0.25, 0.3) is 0 Å². The lowest BCUT2D eigenvalue weighted by molar-refractivity contribution is 0.111. The van der Waals surface area contributed by atoms with Crippen molar-refractivity contribution in [2.45, 2.75) is 31.4 Å². The van der Waals surface area contributed by atoms with Crippen molar-refractivity contribution in [2.24, 2.45) is 0 Å². The minimum Gasteiger partial charge on any atom is -0.488 e. The largest absolute Gasteiger partial charge is 0.488 e. The number of ether oxygens (including phenoxy) is 1. The molecule has 0 spiro atoms. The molecule has 1 unspecified atom stereocenters. The molecule has 1 aliphatic carbocycles. The normalized spacial score (nSPS) is 17.7. The Morgan fingerprint density at radius 2 is 1.89 bits per heavy atom. The van der Waals surface area contributed by atoms with Gasteiger partial charge in [-0.15, -0.1) is 0 Å². The van der Waals surface area contributed by atoms with Crippen LogP contribution in [0.5, 0.6) is 5.75 Å². The molecule has 0 saturated heterocycles. The molecule has 0 aromatic heterocycles. The van der Waals surface area contributed by atoms with Gasteiger partial charge in [0.2, 0.25) is 0 Å². The fourth-order valence-electron chi connectivity index (χ4n) is 2.88. The van der Waals surface area contributed by atoms with Crippen molar-refractivity contribution < 1.29 is 27.4 Å². The highest BCUT2D eigenvalue weighted by Crippen LogP contribution is 2.56. The summed E-state index contributed by atoms with van der Waals surface area (Å²) in [4.78, 5) is 0. The molecular weight excluding hydrogens is 361 g/mol. The molecule has 3 rings (SSSR count). The van der Waals surface area contributed by atoms with Crippen LogP contribution in [-0.2, 0) is 13.2 Å². The first-order valence-corrected chi connectivity index (χ1v) is 8.50. The first-order chi connectivity index (χ1) is 12.8. The first-order valence-electron chi connectivity index (χ1n) is 8.50. The average Bonchev–Trinajstić information content (AvgIpc) is 3.23. The molecular formula is C19H18BF4NO2. The number of hydrogen-bond acceptors (Lipinski definition) is 3. The summed E-state index contributed by atoms with van der Waals surface area (Å²) >= 11 is 0. The van der Waals surface area contributed by atoms with E-state index in [2.05, 4.69) is 5.32 Å². The van der Waals surface area contributed by atoms with Crippen LogP contribution >= 0.6 is 0 Å². The van der Waals surface area contributed by atoms with Crippen molar-refractivity contribution in [1.29, 1.82) is 0 Å². The second-order valence-corrected chi connectivity index (χ2v) is 6.54. The van der Waals surface area contributed by atoms with Crippen LogP contribution in [0.15, 0.2) is 30.3 Å². The Hall–Kier alpha value is -2.06. The second kappa shape index (κ2) is 7.90. The number of benzene rings is 2. The maximum absolute atomic E-state index is 14.1. The van der Waals surface area contributed by atoms with E-state index in [4.69, 9.17) is 17.7 Å². The van der Waals surface area contributed by atoms with E-state index in [1.165, 1.54) is 0 Å². The van der Waals surface area contributed by atoms with Crippen LogP contribution in [0.2, 0.25) is 0 Å². The van der Waals surface area contributed by atoms with Gasteiger partial charge in [-0.2, -0.15) is 0 Å². The number of aliphatic hydroxyl groups is 1. The van der Waals surface area contributed by atoms with Crippen molar-refractivity contribution in [1.82, 2.24) is 5.32 Å². The Kier molecular flexibility index (Phi) is 5.76. The topological polar surface area (TPSA) is 41.5 Å². The summed E-state index contributed by atoms with van der Waals surface area (Å²) in [6.45, 7) is 0.467. The van der Waals surface area contributed by atoms with Gasteiger partial charge >= 0.3 is 0 Å². The van der Waals surface area contributed by atoms with Crippen molar-refractivity contribution in [3.8, 4) is 5.75 Å². The number of nitrogens with one attached hydrogen (secondary N) is 1. The Morgan fingerprint density at radius 1 is 1.15 bits per heavy atom. The number of hydrogen-bond donors (Lipinski definition) is 2. The Labute approximate surface area is 155 Å². The quantitative estimate of drug-likeness (QED) is 0.421. The second-order valence-electron chi connectivity index (χ2n) is 6.54. The fraction of sp³-hybridized carbons (Fsp3) is 0.368. The van der Waals surface area contributed by atoms with Gasteiger partial charge in [0.25, 0.3) is 5.92 Å². The minimum absolute atomic E-state index is 0.000178. The lowest BCUT2D eigenvalue weighted by Gasteiger charge is -2.14. The summed E-state index contributed by atoms with van der Waals surface area (Å²) in [6.07, 6.45) is -0.436. The highest BCUT2D eigenvalue weighted by atomic mass is 19.3. The van der Waals surface area contributed by atoms with E-state index < -0.39 is 29.9 Å². The highest BCUT2D eigenvalue weighted by Gasteiger charge is 2.58. The Balaban J connectivity index is 1.76. The van der Waals surface area contributed by atoms with Crippen LogP contribution in [0.1, 0.15) is 29.0 Å². The van der Waals surface area contributed by atoms with Crippen LogP contribution in [0.3, 0.4) is 0 Å². The van der Waals surface area contributed by atoms with Crippen molar-refractivity contribution in [3.63, 3.8) is 0 Å². The third-order valence-electron chi connectivity index (χ3n) is 4.44. The standard InChI is InChI=1S/C19H18BF4NO2/c20-13-1-2-18(11(5-13)9-25-3-4-26)27-10-12-6-14(15-8-19(15,23)24)17(22)7-16(12)21/h1-2,5-7,15,25-26H,3-4,8-10H2. The van der Waals surface area contributed by atoms with Crippen LogP contribution in [0.4, 0.5) is 17.6 Å². The molecule has 2 aromatic carbocycles. The molecule has 27 heavy (non-hydrogen) atoms. The molecule has 3 nitrogen and oxygen atoms in total. The third-order valence-corrected chi connectivity index (χ3v) is 4.44. The van der Waals surface area contributed by atoms with E-state index in [-0.39, 0.29) is 24.3 Å². The average molecular weight is 379 g/mol. The molecule has 2 N–H and O–H groups in total. The Morgan fingerprint density at radius 3 is 2.56 bits per heavy atom. The highest BCUT2D eigenvalue weighted by molar-refractivity contribution is 6.32. The number of aliphatic hydroxyl groups excluding tert-OH is 1. The number of halogens is 4. The molecule has 1 aliphatic rings. The molecule has 142 valence electrons. The number of alkyl halides is 2. The van der Waals surface area contributed by atoms with Gasteiger partial charge in [0.1, 0.15) is 31.8 Å². The van der Waals surface area contributed by atoms with Gasteiger partial charge in [-0.05, 0) is 17.7 Å². The van der Waals surface area contributed by atoms with E-state index in [0.717, 1.165) is 6.07 Å². The fourth-order valence-corrected chi connectivity index (χ4v) is 2.88. The summed E-state index contributed by atoms with van der Waals surface area (Å²) in [7, 11) is 5.76. The van der Waals surface area contributed by atoms with Gasteiger partial charge in [-0.25, -0.2) is 17.6 Å². The van der Waals surface area contributed by atoms with Crippen molar-refractivity contribution in [2.75, 3.05) is 13.2 Å². The minimum atomic E-state index is -2.95. The van der Waals surface area contributed by atoms with E-state index >= 15 is 0 Å². The van der Waals surface area contributed by atoms with Crippen LogP contribution in [0, 0.1) is 11.6 Å². The molecule has 1 saturated carbocycles. The lowest BCUT2D eigenvalue weighted by Crippen LogP contribution is -2.19. The van der Waals surface area contributed by atoms with Gasteiger partial charge < -0.3 is 15.2 Å². The molecule has 2 aromatic rings. The summed E-state index contributed by atoms with van der Waals surface area (Å²) in [5, 5.41) is 11.8. The van der Waals surface area contributed by atoms with Crippen LogP contribution in [-0.4, -0.2) is 32.0 Å². The monoisotopic (exact) mass is 379 g/mol.